The standard InChI is InChI=1S/C27H41NO5/c1-19-24(32-22-15-6-5-7-16-22)21(18-20-12-8-9-13-20)14-10-11-17-23(25(29)31-19)28-26(30)33-27(2,3)4/h5-7,15-16,19-21,23-24H,8-14,17-18H2,1-4H3,(H,28,30)/t19-,21+,23-,24-/m0/s1. The molecule has 1 aliphatic carbocycles. The van der Waals surface area contributed by atoms with Gasteiger partial charge in [0.2, 0.25) is 0 Å². The molecule has 2 fully saturated rings. The maximum Gasteiger partial charge on any atom is 0.408 e. The number of hydrogen-bond donors (Lipinski definition) is 1. The minimum absolute atomic E-state index is 0.225. The molecule has 2 aliphatic rings. The summed E-state index contributed by atoms with van der Waals surface area (Å²) in [6.45, 7) is 7.32. The summed E-state index contributed by atoms with van der Waals surface area (Å²) in [7, 11) is 0. The van der Waals surface area contributed by atoms with E-state index in [0.29, 0.717) is 12.3 Å². The minimum atomic E-state index is -0.717. The van der Waals surface area contributed by atoms with E-state index in [-0.39, 0.29) is 6.10 Å². The normalized spacial score (nSPS) is 27.5. The molecule has 0 radical (unpaired) electrons. The van der Waals surface area contributed by atoms with Gasteiger partial charge in [-0.15, -0.1) is 0 Å². The molecule has 6 heteroatoms. The Morgan fingerprint density at radius 2 is 1.67 bits per heavy atom. The first-order valence-corrected chi connectivity index (χ1v) is 12.6. The number of esters is 1. The van der Waals surface area contributed by atoms with Crippen molar-refractivity contribution in [2.24, 2.45) is 11.8 Å². The lowest BCUT2D eigenvalue weighted by atomic mass is 9.83. The summed E-state index contributed by atoms with van der Waals surface area (Å²) in [5, 5.41) is 2.72. The molecule has 33 heavy (non-hydrogen) atoms. The average Bonchev–Trinajstić information content (AvgIpc) is 3.25. The maximum atomic E-state index is 13.0. The van der Waals surface area contributed by atoms with Crippen LogP contribution in [0.1, 0.15) is 85.5 Å². The van der Waals surface area contributed by atoms with E-state index in [4.69, 9.17) is 14.2 Å². The highest BCUT2D eigenvalue weighted by Crippen LogP contribution is 2.36. The third-order valence-corrected chi connectivity index (χ3v) is 6.65. The van der Waals surface area contributed by atoms with Crippen LogP contribution in [-0.4, -0.2) is 35.9 Å². The molecule has 1 N–H and O–H groups in total. The van der Waals surface area contributed by atoms with Gasteiger partial charge in [-0.3, -0.25) is 0 Å². The van der Waals surface area contributed by atoms with Gasteiger partial charge in [0.1, 0.15) is 29.6 Å². The second kappa shape index (κ2) is 11.8. The van der Waals surface area contributed by atoms with Crippen LogP contribution in [-0.2, 0) is 14.3 Å². The van der Waals surface area contributed by atoms with Crippen LogP contribution >= 0.6 is 0 Å². The van der Waals surface area contributed by atoms with Gasteiger partial charge in [0.25, 0.3) is 0 Å². The molecule has 1 aromatic carbocycles. The quantitative estimate of drug-likeness (QED) is 0.544. The molecule has 0 spiro atoms. The van der Waals surface area contributed by atoms with Gasteiger partial charge in [-0.25, -0.2) is 9.59 Å². The molecule has 1 saturated carbocycles. The van der Waals surface area contributed by atoms with E-state index in [9.17, 15) is 9.59 Å². The Bertz CT molecular complexity index is 754. The predicted molar refractivity (Wildman–Crippen MR) is 128 cm³/mol. The largest absolute Gasteiger partial charge is 0.486 e. The highest BCUT2D eigenvalue weighted by Gasteiger charge is 2.36. The topological polar surface area (TPSA) is 73.9 Å². The predicted octanol–water partition coefficient (Wildman–Crippen LogP) is 6.03. The number of cyclic esters (lactones) is 1. The van der Waals surface area contributed by atoms with Gasteiger partial charge in [0.15, 0.2) is 0 Å². The molecule has 1 aromatic rings. The van der Waals surface area contributed by atoms with E-state index in [0.717, 1.165) is 37.4 Å². The lowest BCUT2D eigenvalue weighted by Crippen LogP contribution is -2.48. The molecule has 1 saturated heterocycles. The van der Waals surface area contributed by atoms with Crippen LogP contribution in [0.3, 0.4) is 0 Å². The van der Waals surface area contributed by atoms with Crippen molar-refractivity contribution in [2.75, 3.05) is 0 Å². The molecular formula is C27H41NO5. The Hall–Kier alpha value is -2.24. The molecule has 6 nitrogen and oxygen atoms in total. The summed E-state index contributed by atoms with van der Waals surface area (Å²) in [5.74, 6) is 1.43. The Labute approximate surface area is 198 Å². The van der Waals surface area contributed by atoms with Crippen molar-refractivity contribution in [3.8, 4) is 5.75 Å². The third-order valence-electron chi connectivity index (χ3n) is 6.65. The van der Waals surface area contributed by atoms with E-state index < -0.39 is 29.8 Å². The number of hydrogen-bond acceptors (Lipinski definition) is 5. The first-order chi connectivity index (χ1) is 15.7. The van der Waals surface area contributed by atoms with Gasteiger partial charge in [-0.05, 0) is 70.9 Å². The number of amides is 1. The Balaban J connectivity index is 1.74. The van der Waals surface area contributed by atoms with Gasteiger partial charge in [-0.2, -0.15) is 0 Å². The molecule has 0 aromatic heterocycles. The van der Waals surface area contributed by atoms with Crippen LogP contribution in [0.15, 0.2) is 30.3 Å². The van der Waals surface area contributed by atoms with Crippen molar-refractivity contribution in [3.05, 3.63) is 30.3 Å². The van der Waals surface area contributed by atoms with E-state index >= 15 is 0 Å². The zero-order valence-electron chi connectivity index (χ0n) is 20.7. The fraction of sp³-hybridized carbons (Fsp3) is 0.704. The summed E-state index contributed by atoms with van der Waals surface area (Å²) >= 11 is 0. The zero-order chi connectivity index (χ0) is 23.8. The van der Waals surface area contributed by atoms with Crippen molar-refractivity contribution in [1.29, 1.82) is 0 Å². The van der Waals surface area contributed by atoms with E-state index in [1.54, 1.807) is 20.8 Å². The maximum absolute atomic E-state index is 13.0. The van der Waals surface area contributed by atoms with E-state index in [1.165, 1.54) is 25.7 Å². The monoisotopic (exact) mass is 459 g/mol. The third kappa shape index (κ3) is 8.24. The second-order valence-electron chi connectivity index (χ2n) is 10.7. The van der Waals surface area contributed by atoms with Gasteiger partial charge >= 0.3 is 12.1 Å². The Kier molecular flexibility index (Phi) is 9.04. The van der Waals surface area contributed by atoms with Crippen LogP contribution in [0.25, 0.3) is 0 Å². The number of carbonyl (C=O) groups is 2. The number of rotatable bonds is 5. The van der Waals surface area contributed by atoms with E-state index in [1.807, 2.05) is 37.3 Å². The molecule has 1 aliphatic heterocycles. The SMILES string of the molecule is C[C@@H]1OC(=O)[C@@H](NC(=O)OC(C)(C)C)CCCC[C@H](CC2CCCC2)[C@H]1Oc1ccccc1. The summed E-state index contributed by atoms with van der Waals surface area (Å²) in [6.07, 6.45) is 8.44. The molecule has 0 bridgehead atoms. The number of para-hydroxylation sites is 1. The lowest BCUT2D eigenvalue weighted by molar-refractivity contribution is -0.158. The molecule has 1 heterocycles. The number of carbonyl (C=O) groups excluding carboxylic acids is 2. The highest BCUT2D eigenvalue weighted by molar-refractivity contribution is 5.81. The van der Waals surface area contributed by atoms with Crippen LogP contribution in [0.2, 0.25) is 0 Å². The fourth-order valence-corrected chi connectivity index (χ4v) is 5.11. The van der Waals surface area contributed by atoms with Gasteiger partial charge in [0.05, 0.1) is 0 Å². The Morgan fingerprint density at radius 1 is 1.03 bits per heavy atom. The summed E-state index contributed by atoms with van der Waals surface area (Å²) < 4.78 is 17.7. The molecular weight excluding hydrogens is 418 g/mol. The number of alkyl carbamates (subject to hydrolysis) is 1. The lowest BCUT2D eigenvalue weighted by Gasteiger charge is -2.35. The Morgan fingerprint density at radius 3 is 2.33 bits per heavy atom. The second-order valence-corrected chi connectivity index (χ2v) is 10.7. The highest BCUT2D eigenvalue weighted by atomic mass is 16.6. The van der Waals surface area contributed by atoms with Crippen molar-refractivity contribution < 1.29 is 23.8 Å². The molecule has 0 unspecified atom stereocenters. The molecule has 184 valence electrons. The van der Waals surface area contributed by atoms with Gasteiger partial charge < -0.3 is 19.5 Å². The van der Waals surface area contributed by atoms with Gasteiger partial charge in [-0.1, -0.05) is 56.7 Å². The number of nitrogens with one attached hydrogen (secondary N) is 1. The van der Waals surface area contributed by atoms with Crippen molar-refractivity contribution in [1.82, 2.24) is 5.32 Å². The molecule has 1 amide bonds. The van der Waals surface area contributed by atoms with Crippen LogP contribution in [0.5, 0.6) is 5.75 Å². The minimum Gasteiger partial charge on any atom is -0.486 e. The van der Waals surface area contributed by atoms with Crippen molar-refractivity contribution in [2.45, 2.75) is 109 Å². The van der Waals surface area contributed by atoms with Gasteiger partial charge in [0, 0.05) is 0 Å². The van der Waals surface area contributed by atoms with Crippen LogP contribution < -0.4 is 10.1 Å². The average molecular weight is 460 g/mol. The molecule has 4 atom stereocenters. The number of benzene rings is 1. The van der Waals surface area contributed by atoms with Crippen LogP contribution in [0.4, 0.5) is 4.79 Å². The summed E-state index contributed by atoms with van der Waals surface area (Å²) in [5.41, 5.74) is -0.626. The summed E-state index contributed by atoms with van der Waals surface area (Å²) in [6, 6.07) is 9.07. The van der Waals surface area contributed by atoms with Crippen LogP contribution in [0, 0.1) is 11.8 Å². The van der Waals surface area contributed by atoms with Crippen molar-refractivity contribution in [3.63, 3.8) is 0 Å². The van der Waals surface area contributed by atoms with E-state index in [2.05, 4.69) is 5.32 Å². The van der Waals surface area contributed by atoms with Crippen molar-refractivity contribution >= 4 is 12.1 Å². The fourth-order valence-electron chi connectivity index (χ4n) is 5.11. The number of ether oxygens (including phenoxy) is 3. The zero-order valence-corrected chi connectivity index (χ0v) is 20.7. The first-order valence-electron chi connectivity index (χ1n) is 12.6. The summed E-state index contributed by atoms with van der Waals surface area (Å²) in [4.78, 5) is 25.3. The smallest absolute Gasteiger partial charge is 0.408 e. The first kappa shape index (κ1) is 25.4. The molecule has 3 rings (SSSR count).